The maximum Gasteiger partial charge on any atom is 0.236 e. The van der Waals surface area contributed by atoms with Crippen molar-refractivity contribution in [1.82, 2.24) is 10.2 Å². The Morgan fingerprint density at radius 2 is 1.57 bits per heavy atom. The topological polar surface area (TPSA) is 32.3 Å². The second-order valence-corrected chi connectivity index (χ2v) is 8.48. The quantitative estimate of drug-likeness (QED) is 0.844. The first-order valence-electron chi connectivity index (χ1n) is 8.88. The zero-order valence-electron chi connectivity index (χ0n) is 14.2. The van der Waals surface area contributed by atoms with Crippen LogP contribution in [0.1, 0.15) is 59.3 Å². The van der Waals surface area contributed by atoms with Crippen molar-refractivity contribution in [3.8, 4) is 0 Å². The van der Waals surface area contributed by atoms with Crippen molar-refractivity contribution in [2.75, 3.05) is 13.6 Å². The fourth-order valence-corrected chi connectivity index (χ4v) is 5.58. The molecule has 4 aliphatic carbocycles. The smallest absolute Gasteiger partial charge is 0.236 e. The summed E-state index contributed by atoms with van der Waals surface area (Å²) in [5.74, 6) is 3.17. The van der Waals surface area contributed by atoms with Crippen LogP contribution in [0, 0.1) is 23.2 Å². The molecule has 1 amide bonds. The Labute approximate surface area is 129 Å². The van der Waals surface area contributed by atoms with E-state index in [9.17, 15) is 4.79 Å². The molecule has 0 aromatic heterocycles. The zero-order valence-corrected chi connectivity index (χ0v) is 14.2. The summed E-state index contributed by atoms with van der Waals surface area (Å²) in [5, 5.41) is 3.58. The number of carbonyl (C=O) groups excluding carboxylic acids is 1. The van der Waals surface area contributed by atoms with Crippen LogP contribution in [0.3, 0.4) is 0 Å². The predicted molar refractivity (Wildman–Crippen MR) is 86.0 cm³/mol. The molecule has 0 aromatic carbocycles. The average molecular weight is 292 g/mol. The van der Waals surface area contributed by atoms with Gasteiger partial charge in [0, 0.05) is 19.1 Å². The molecule has 4 bridgehead atoms. The van der Waals surface area contributed by atoms with Gasteiger partial charge >= 0.3 is 0 Å². The number of amides is 1. The Hall–Kier alpha value is -0.570. The standard InChI is InChI=1S/C18H32N2O/c1-12(2)20(4)17(21)11-19-13(3)18-8-14-5-15(9-18)7-16(6-14)10-18/h12-16,19H,5-11H2,1-4H3. The lowest BCUT2D eigenvalue weighted by atomic mass is 9.48. The van der Waals surface area contributed by atoms with Crippen LogP contribution in [0.4, 0.5) is 0 Å². The molecule has 4 fully saturated rings. The van der Waals surface area contributed by atoms with Crippen molar-refractivity contribution in [2.24, 2.45) is 23.2 Å². The molecule has 3 heteroatoms. The van der Waals surface area contributed by atoms with E-state index in [-0.39, 0.29) is 11.9 Å². The van der Waals surface area contributed by atoms with E-state index >= 15 is 0 Å². The van der Waals surface area contributed by atoms with Crippen molar-refractivity contribution in [3.63, 3.8) is 0 Å². The van der Waals surface area contributed by atoms with Crippen molar-refractivity contribution >= 4 is 5.91 Å². The third kappa shape index (κ3) is 2.86. The third-order valence-corrected chi connectivity index (χ3v) is 6.73. The SMILES string of the molecule is CC(C)N(C)C(=O)CNC(C)C12CC3CC(CC(C3)C1)C2. The minimum Gasteiger partial charge on any atom is -0.342 e. The van der Waals surface area contributed by atoms with Crippen molar-refractivity contribution in [1.29, 1.82) is 0 Å². The van der Waals surface area contributed by atoms with Gasteiger partial charge in [-0.15, -0.1) is 0 Å². The van der Waals surface area contributed by atoms with E-state index in [0.29, 0.717) is 18.0 Å². The summed E-state index contributed by atoms with van der Waals surface area (Å²) < 4.78 is 0. The van der Waals surface area contributed by atoms with Gasteiger partial charge in [0.25, 0.3) is 0 Å². The Balaban J connectivity index is 1.58. The summed E-state index contributed by atoms with van der Waals surface area (Å²) in [4.78, 5) is 14.0. The molecule has 4 rings (SSSR count). The van der Waals surface area contributed by atoms with Gasteiger partial charge in [0.05, 0.1) is 6.54 Å². The van der Waals surface area contributed by atoms with E-state index in [1.54, 1.807) is 0 Å². The molecule has 21 heavy (non-hydrogen) atoms. The summed E-state index contributed by atoms with van der Waals surface area (Å²) in [5.41, 5.74) is 0.492. The number of hydrogen-bond acceptors (Lipinski definition) is 2. The maximum absolute atomic E-state index is 12.2. The summed E-state index contributed by atoms with van der Waals surface area (Å²) in [6.45, 7) is 6.97. The molecule has 0 aromatic rings. The van der Waals surface area contributed by atoms with Crippen molar-refractivity contribution in [3.05, 3.63) is 0 Å². The first kappa shape index (κ1) is 15.3. The minimum atomic E-state index is 0.224. The van der Waals surface area contributed by atoms with Gasteiger partial charge in [-0.2, -0.15) is 0 Å². The van der Waals surface area contributed by atoms with E-state index in [0.717, 1.165) is 17.8 Å². The number of nitrogens with zero attached hydrogens (tertiary/aromatic N) is 1. The minimum absolute atomic E-state index is 0.224. The van der Waals surface area contributed by atoms with Gasteiger partial charge in [0.15, 0.2) is 0 Å². The highest BCUT2D eigenvalue weighted by atomic mass is 16.2. The lowest BCUT2D eigenvalue weighted by Crippen LogP contribution is -2.56. The van der Waals surface area contributed by atoms with Gasteiger partial charge in [0.2, 0.25) is 5.91 Å². The zero-order chi connectivity index (χ0) is 15.2. The van der Waals surface area contributed by atoms with E-state index < -0.39 is 0 Å². The first-order chi connectivity index (χ1) is 9.89. The van der Waals surface area contributed by atoms with Gasteiger partial charge in [-0.3, -0.25) is 4.79 Å². The number of hydrogen-bond donors (Lipinski definition) is 1. The van der Waals surface area contributed by atoms with Crippen LogP contribution < -0.4 is 5.32 Å². The number of likely N-dealkylation sites (N-methyl/N-ethyl adjacent to an activating group) is 1. The van der Waals surface area contributed by atoms with Crippen molar-refractivity contribution < 1.29 is 4.79 Å². The van der Waals surface area contributed by atoms with Crippen molar-refractivity contribution in [2.45, 2.75) is 71.4 Å². The maximum atomic E-state index is 12.2. The van der Waals surface area contributed by atoms with E-state index in [1.807, 2.05) is 11.9 Å². The molecule has 0 heterocycles. The highest BCUT2D eigenvalue weighted by Gasteiger charge is 2.52. The fourth-order valence-electron chi connectivity index (χ4n) is 5.58. The molecule has 0 spiro atoms. The molecule has 0 radical (unpaired) electrons. The Morgan fingerprint density at radius 1 is 1.10 bits per heavy atom. The lowest BCUT2D eigenvalue weighted by molar-refractivity contribution is -0.131. The van der Waals surface area contributed by atoms with Crippen LogP contribution in [0.5, 0.6) is 0 Å². The third-order valence-electron chi connectivity index (χ3n) is 6.73. The summed E-state index contributed by atoms with van der Waals surface area (Å²) >= 11 is 0. The highest BCUT2D eigenvalue weighted by Crippen LogP contribution is 2.61. The molecule has 4 aliphatic rings. The molecule has 1 atom stereocenters. The molecule has 0 saturated heterocycles. The van der Waals surface area contributed by atoms with Crippen LogP contribution in [0.25, 0.3) is 0 Å². The molecule has 0 aliphatic heterocycles. The van der Waals surface area contributed by atoms with Gasteiger partial charge in [-0.05, 0) is 82.5 Å². The monoisotopic (exact) mass is 292 g/mol. The van der Waals surface area contributed by atoms with E-state index in [1.165, 1.54) is 38.5 Å². The van der Waals surface area contributed by atoms with Crippen LogP contribution in [0.15, 0.2) is 0 Å². The Kier molecular flexibility index (Phi) is 4.06. The van der Waals surface area contributed by atoms with Gasteiger partial charge in [-0.1, -0.05) is 0 Å². The predicted octanol–water partition coefficient (Wildman–Crippen LogP) is 3.05. The summed E-state index contributed by atoms with van der Waals surface area (Å²) in [6, 6.07) is 0.768. The number of rotatable bonds is 5. The summed E-state index contributed by atoms with van der Waals surface area (Å²) in [7, 11) is 1.91. The van der Waals surface area contributed by atoms with Crippen LogP contribution in [-0.4, -0.2) is 36.5 Å². The molecule has 3 nitrogen and oxygen atoms in total. The molecule has 1 unspecified atom stereocenters. The van der Waals surface area contributed by atoms with Gasteiger partial charge in [-0.25, -0.2) is 0 Å². The van der Waals surface area contributed by atoms with Crippen LogP contribution >= 0.6 is 0 Å². The molecular formula is C18H32N2O. The number of nitrogens with one attached hydrogen (secondary N) is 1. The average Bonchev–Trinajstić information content (AvgIpc) is 2.41. The van der Waals surface area contributed by atoms with E-state index in [2.05, 4.69) is 26.1 Å². The molecule has 4 saturated carbocycles. The summed E-state index contributed by atoms with van der Waals surface area (Å²) in [6.07, 6.45) is 8.67. The number of carbonyl (C=O) groups is 1. The van der Waals surface area contributed by atoms with Crippen LogP contribution in [-0.2, 0) is 4.79 Å². The first-order valence-corrected chi connectivity index (χ1v) is 8.88. The Bertz CT molecular complexity index is 369. The molecular weight excluding hydrogens is 260 g/mol. The molecule has 1 N–H and O–H groups in total. The van der Waals surface area contributed by atoms with Crippen LogP contribution in [0.2, 0.25) is 0 Å². The largest absolute Gasteiger partial charge is 0.342 e. The normalized spacial score (nSPS) is 38.8. The lowest BCUT2D eigenvalue weighted by Gasteiger charge is -2.59. The van der Waals surface area contributed by atoms with Gasteiger partial charge in [0.1, 0.15) is 0 Å². The van der Waals surface area contributed by atoms with E-state index in [4.69, 9.17) is 0 Å². The second kappa shape index (κ2) is 5.57. The van der Waals surface area contributed by atoms with Gasteiger partial charge < -0.3 is 10.2 Å². The molecule has 120 valence electrons. The second-order valence-electron chi connectivity index (χ2n) is 8.48. The highest BCUT2D eigenvalue weighted by molar-refractivity contribution is 5.78. The Morgan fingerprint density at radius 3 is 2.00 bits per heavy atom. The fraction of sp³-hybridized carbons (Fsp3) is 0.944.